The monoisotopic (exact) mass is 470 g/mol. The summed E-state index contributed by atoms with van der Waals surface area (Å²) in [5, 5.41) is 0. The van der Waals surface area contributed by atoms with Gasteiger partial charge in [-0.25, -0.2) is 0 Å². The largest absolute Gasteiger partial charge is 0.372 e. The van der Waals surface area contributed by atoms with E-state index in [1.54, 1.807) is 0 Å². The van der Waals surface area contributed by atoms with Gasteiger partial charge in [0.05, 0.1) is 0 Å². The summed E-state index contributed by atoms with van der Waals surface area (Å²) in [6.07, 6.45) is 1.94. The van der Waals surface area contributed by atoms with E-state index in [1.165, 1.54) is 39.2 Å². The number of nitrogens with zero attached hydrogens (tertiary/aromatic N) is 2. The summed E-state index contributed by atoms with van der Waals surface area (Å²) < 4.78 is 0. The van der Waals surface area contributed by atoms with Gasteiger partial charge in [0.25, 0.3) is 0 Å². The third kappa shape index (κ3) is 6.57. The van der Waals surface area contributed by atoms with Gasteiger partial charge in [-0.15, -0.1) is 0 Å². The van der Waals surface area contributed by atoms with E-state index in [4.69, 9.17) is 0 Å². The van der Waals surface area contributed by atoms with Gasteiger partial charge < -0.3 is 9.80 Å². The maximum atomic E-state index is 4.00. The van der Waals surface area contributed by atoms with Crippen LogP contribution in [0.15, 0.2) is 67.2 Å². The van der Waals surface area contributed by atoms with Crippen LogP contribution in [0.2, 0.25) is 0 Å². The second-order valence-electron chi connectivity index (χ2n) is 8.73. The predicted molar refractivity (Wildman–Crippen MR) is 158 cm³/mol. The number of aryl methyl sites for hydroxylation is 2. The molecule has 0 saturated carbocycles. The topological polar surface area (TPSA) is 6.48 Å². The van der Waals surface area contributed by atoms with Gasteiger partial charge in [0.1, 0.15) is 0 Å². The molecule has 0 radical (unpaired) electrons. The highest BCUT2D eigenvalue weighted by Crippen LogP contribution is 2.38. The lowest BCUT2D eigenvalue weighted by Gasteiger charge is -2.27. The Morgan fingerprint density at radius 3 is 1.51 bits per heavy atom. The second kappa shape index (κ2) is 13.8. The highest BCUT2D eigenvalue weighted by Gasteiger charge is 2.22. The molecule has 2 nitrogen and oxygen atoms in total. The highest BCUT2D eigenvalue weighted by molar-refractivity contribution is 5.60. The summed E-state index contributed by atoms with van der Waals surface area (Å²) in [6.45, 7) is 25.5. The quantitative estimate of drug-likeness (QED) is 0.273. The van der Waals surface area contributed by atoms with Gasteiger partial charge in [0.15, 0.2) is 0 Å². The first-order valence-electron chi connectivity index (χ1n) is 13.4. The maximum absolute atomic E-state index is 4.00. The van der Waals surface area contributed by atoms with Gasteiger partial charge in [0, 0.05) is 43.5 Å². The first-order valence-corrected chi connectivity index (χ1v) is 13.4. The summed E-state index contributed by atoms with van der Waals surface area (Å²) in [6, 6.07) is 22.8. The summed E-state index contributed by atoms with van der Waals surface area (Å²) in [5.74, 6) is 0.182. The Kier molecular flexibility index (Phi) is 11.1. The normalized spacial score (nSPS) is 10.5. The first kappa shape index (κ1) is 28.2. The maximum Gasteiger partial charge on any atom is 0.0368 e. The average molecular weight is 471 g/mol. The van der Waals surface area contributed by atoms with Crippen LogP contribution in [0.25, 0.3) is 6.08 Å². The van der Waals surface area contributed by atoms with Crippen molar-refractivity contribution in [2.75, 3.05) is 36.0 Å². The predicted octanol–water partition coefficient (Wildman–Crippen LogP) is 8.85. The standard InChI is InChI=1S/C31H40N2.C2H6/c1-8-25-14-13-15-26(22-25)31(29-18-16-27(20-23(29)6)32(9-2)10-3)30-19-17-28(21-24(30)7)33(11-4)12-5;1-2/h8,13-22,31H,1,9-12H2,2-7H3;1-2H3. The van der Waals surface area contributed by atoms with Crippen LogP contribution in [0.4, 0.5) is 11.4 Å². The van der Waals surface area contributed by atoms with Crippen molar-refractivity contribution in [3.63, 3.8) is 0 Å². The molecule has 0 heterocycles. The van der Waals surface area contributed by atoms with Crippen LogP contribution in [-0.4, -0.2) is 26.2 Å². The van der Waals surface area contributed by atoms with Crippen LogP contribution in [-0.2, 0) is 0 Å². The summed E-state index contributed by atoms with van der Waals surface area (Å²) in [4.78, 5) is 4.82. The molecule has 0 N–H and O–H groups in total. The van der Waals surface area contributed by atoms with Gasteiger partial charge in [-0.05, 0) is 99.2 Å². The summed E-state index contributed by atoms with van der Waals surface area (Å²) >= 11 is 0. The zero-order valence-corrected chi connectivity index (χ0v) is 23.4. The van der Waals surface area contributed by atoms with Crippen molar-refractivity contribution in [3.8, 4) is 0 Å². The molecule has 188 valence electrons. The number of benzene rings is 3. The van der Waals surface area contributed by atoms with Crippen molar-refractivity contribution in [3.05, 3.63) is 101 Å². The summed E-state index contributed by atoms with van der Waals surface area (Å²) in [5.41, 5.74) is 10.5. The fourth-order valence-electron chi connectivity index (χ4n) is 4.93. The lowest BCUT2D eigenvalue weighted by molar-refractivity contribution is 0.859. The Morgan fingerprint density at radius 1 is 0.686 bits per heavy atom. The molecule has 0 amide bonds. The second-order valence-corrected chi connectivity index (χ2v) is 8.73. The van der Waals surface area contributed by atoms with E-state index in [0.717, 1.165) is 31.7 Å². The molecule has 0 aromatic heterocycles. The van der Waals surface area contributed by atoms with E-state index in [-0.39, 0.29) is 5.92 Å². The molecular weight excluding hydrogens is 424 g/mol. The number of rotatable bonds is 10. The highest BCUT2D eigenvalue weighted by atomic mass is 15.1. The molecule has 0 saturated heterocycles. The van der Waals surface area contributed by atoms with Gasteiger partial charge in [0.2, 0.25) is 0 Å². The molecule has 0 atom stereocenters. The molecular formula is C33H46N2. The fourth-order valence-corrected chi connectivity index (χ4v) is 4.93. The molecule has 0 aliphatic rings. The smallest absolute Gasteiger partial charge is 0.0368 e. The minimum Gasteiger partial charge on any atom is -0.372 e. The van der Waals surface area contributed by atoms with Crippen molar-refractivity contribution in [2.45, 2.75) is 61.3 Å². The molecule has 2 heteroatoms. The lowest BCUT2D eigenvalue weighted by Crippen LogP contribution is -2.22. The van der Waals surface area contributed by atoms with Gasteiger partial charge in [-0.1, -0.05) is 62.9 Å². The molecule has 0 aliphatic carbocycles. The van der Waals surface area contributed by atoms with Crippen molar-refractivity contribution < 1.29 is 0 Å². The first-order chi connectivity index (χ1) is 17.0. The van der Waals surface area contributed by atoms with E-state index < -0.39 is 0 Å². The Morgan fingerprint density at radius 2 is 1.14 bits per heavy atom. The van der Waals surface area contributed by atoms with Crippen molar-refractivity contribution in [2.24, 2.45) is 0 Å². The van der Waals surface area contributed by atoms with E-state index in [0.29, 0.717) is 0 Å². The molecule has 3 aromatic rings. The molecule has 3 rings (SSSR count). The van der Waals surface area contributed by atoms with Crippen molar-refractivity contribution >= 4 is 17.5 Å². The van der Waals surface area contributed by atoms with E-state index in [1.807, 2.05) is 19.9 Å². The molecule has 35 heavy (non-hydrogen) atoms. The zero-order valence-electron chi connectivity index (χ0n) is 23.4. The third-order valence-corrected chi connectivity index (χ3v) is 6.87. The minimum absolute atomic E-state index is 0.182. The number of hydrogen-bond donors (Lipinski definition) is 0. The van der Waals surface area contributed by atoms with Crippen LogP contribution in [0.1, 0.15) is 80.8 Å². The average Bonchev–Trinajstić information content (AvgIpc) is 2.89. The fraction of sp³-hybridized carbons (Fsp3) is 0.394. The van der Waals surface area contributed by atoms with Crippen LogP contribution >= 0.6 is 0 Å². The van der Waals surface area contributed by atoms with E-state index in [9.17, 15) is 0 Å². The SMILES string of the molecule is C=Cc1cccc(C(c2ccc(N(CC)CC)cc2C)c2ccc(N(CC)CC)cc2C)c1.CC. The Hall–Kier alpha value is -3.00. The number of anilines is 2. The van der Waals surface area contributed by atoms with Crippen LogP contribution in [0.3, 0.4) is 0 Å². The Balaban J connectivity index is 0.00000210. The van der Waals surface area contributed by atoms with Crippen molar-refractivity contribution in [1.82, 2.24) is 0 Å². The number of hydrogen-bond acceptors (Lipinski definition) is 2. The van der Waals surface area contributed by atoms with Crippen LogP contribution < -0.4 is 9.80 Å². The van der Waals surface area contributed by atoms with Gasteiger partial charge >= 0.3 is 0 Å². The molecule has 3 aromatic carbocycles. The Bertz CT molecular complexity index is 1010. The molecule has 0 unspecified atom stereocenters. The van der Waals surface area contributed by atoms with Crippen LogP contribution in [0.5, 0.6) is 0 Å². The minimum atomic E-state index is 0.182. The van der Waals surface area contributed by atoms with E-state index in [2.05, 4.69) is 119 Å². The third-order valence-electron chi connectivity index (χ3n) is 6.87. The lowest BCUT2D eigenvalue weighted by atomic mass is 9.80. The molecule has 0 spiro atoms. The molecule has 0 aliphatic heterocycles. The molecule has 0 fully saturated rings. The van der Waals surface area contributed by atoms with Gasteiger partial charge in [-0.3, -0.25) is 0 Å². The molecule has 0 bridgehead atoms. The zero-order chi connectivity index (χ0) is 26.0. The van der Waals surface area contributed by atoms with Crippen LogP contribution in [0, 0.1) is 13.8 Å². The Labute approximate surface area is 215 Å². The van der Waals surface area contributed by atoms with Gasteiger partial charge in [-0.2, -0.15) is 0 Å². The summed E-state index contributed by atoms with van der Waals surface area (Å²) in [7, 11) is 0. The van der Waals surface area contributed by atoms with E-state index >= 15 is 0 Å². The van der Waals surface area contributed by atoms with Crippen molar-refractivity contribution in [1.29, 1.82) is 0 Å².